The average Bonchev–Trinajstić information content (AvgIpc) is 3.05. The molecule has 1 radical (unpaired) electrons. The first kappa shape index (κ1) is 23.9. The summed E-state index contributed by atoms with van der Waals surface area (Å²) < 4.78 is 29.2. The van der Waals surface area contributed by atoms with Crippen LogP contribution in [0.25, 0.3) is 0 Å². The fraction of sp³-hybridized carbons (Fsp3) is 0.526. The van der Waals surface area contributed by atoms with Crippen molar-refractivity contribution in [2.75, 3.05) is 19.4 Å². The van der Waals surface area contributed by atoms with Crippen LogP contribution in [0.2, 0.25) is 11.1 Å². The number of carbonyl (C=O) groups excluding carboxylic acids is 3. The van der Waals surface area contributed by atoms with Gasteiger partial charge in [-0.15, -0.1) is 0 Å². The number of rotatable bonds is 6. The minimum atomic E-state index is -1.64. The summed E-state index contributed by atoms with van der Waals surface area (Å²) in [5.41, 5.74) is -0.725. The molecule has 1 N–H and O–H groups in total. The van der Waals surface area contributed by atoms with Crippen LogP contribution in [-0.2, 0) is 19.1 Å². The molecule has 2 amide bonds. The third-order valence-corrected chi connectivity index (χ3v) is 6.48. The lowest BCUT2D eigenvalue weighted by Crippen LogP contribution is -2.46. The summed E-state index contributed by atoms with van der Waals surface area (Å²) in [6, 6.07) is 3.32. The van der Waals surface area contributed by atoms with E-state index in [0.717, 1.165) is 6.07 Å². The Hall–Kier alpha value is -2.33. The molecule has 2 rings (SSSR count). The molecule has 1 saturated heterocycles. The van der Waals surface area contributed by atoms with Gasteiger partial charge in [-0.1, -0.05) is 11.6 Å². The van der Waals surface area contributed by atoms with Crippen molar-refractivity contribution < 1.29 is 33.0 Å². The highest BCUT2D eigenvalue weighted by atomic mass is 35.5. The first-order valence-electron chi connectivity index (χ1n) is 9.38. The van der Waals surface area contributed by atoms with Gasteiger partial charge in [0, 0.05) is 12.2 Å². The Morgan fingerprint density at radius 1 is 1.33 bits per heavy atom. The second-order valence-corrected chi connectivity index (χ2v) is 10.2. The van der Waals surface area contributed by atoms with Gasteiger partial charge >= 0.3 is 12.1 Å². The van der Waals surface area contributed by atoms with Crippen LogP contribution in [0.5, 0.6) is 5.75 Å². The predicted octanol–water partition coefficient (Wildman–Crippen LogP) is 2.69. The Kier molecular flexibility index (Phi) is 8.08. The van der Waals surface area contributed by atoms with Gasteiger partial charge in [0.15, 0.2) is 15.6 Å². The van der Waals surface area contributed by atoms with Gasteiger partial charge in [-0.25, -0.2) is 14.0 Å². The zero-order valence-corrected chi connectivity index (χ0v) is 19.0. The highest BCUT2D eigenvalue weighted by Gasteiger charge is 2.44. The fourth-order valence-corrected chi connectivity index (χ4v) is 5.23. The van der Waals surface area contributed by atoms with Gasteiger partial charge in [0.1, 0.15) is 23.2 Å². The predicted molar refractivity (Wildman–Crippen MR) is 109 cm³/mol. The maximum Gasteiger partial charge on any atom is 0.410 e. The maximum absolute atomic E-state index is 13.4. The van der Waals surface area contributed by atoms with E-state index in [1.807, 2.05) is 0 Å². The Balaban J connectivity index is 1.97. The number of amides is 2. The van der Waals surface area contributed by atoms with E-state index in [1.54, 1.807) is 27.7 Å². The molecule has 1 atom stereocenters. The molecule has 0 aromatic heterocycles. The summed E-state index contributed by atoms with van der Waals surface area (Å²) in [6.07, 6.45) is -0.452. The van der Waals surface area contributed by atoms with E-state index in [1.165, 1.54) is 17.0 Å². The van der Waals surface area contributed by atoms with Crippen LogP contribution in [0.4, 0.5) is 9.18 Å². The number of benzene rings is 1. The summed E-state index contributed by atoms with van der Waals surface area (Å²) in [4.78, 5) is 41.2. The van der Waals surface area contributed by atoms with E-state index >= 15 is 0 Å². The van der Waals surface area contributed by atoms with Crippen LogP contribution in [0.1, 0.15) is 27.7 Å². The Morgan fingerprint density at radius 2 is 2.03 bits per heavy atom. The first-order chi connectivity index (χ1) is 14.0. The van der Waals surface area contributed by atoms with Gasteiger partial charge in [-0.3, -0.25) is 9.69 Å². The third kappa shape index (κ3) is 6.87. The molecule has 1 aliphatic rings. The molecule has 1 aromatic carbocycles. The number of carbonyl (C=O) groups is 3. The van der Waals surface area contributed by atoms with Gasteiger partial charge < -0.3 is 19.2 Å². The number of ether oxygens (including phenoxy) is 3. The van der Waals surface area contributed by atoms with Crippen molar-refractivity contribution in [1.82, 2.24) is 9.88 Å². The second kappa shape index (κ2) is 10.1. The number of nitrogens with zero attached hydrogens (tertiary/aromatic N) is 1. The molecule has 8 nitrogen and oxygen atoms in total. The van der Waals surface area contributed by atoms with Gasteiger partial charge in [-0.2, -0.15) is 0 Å². The highest BCUT2D eigenvalue weighted by molar-refractivity contribution is 6.61. The summed E-state index contributed by atoms with van der Waals surface area (Å²) in [7, 11) is -1.64. The minimum Gasteiger partial charge on any atom is -0.484 e. The molecule has 1 aromatic rings. The van der Waals surface area contributed by atoms with E-state index in [4.69, 9.17) is 25.8 Å². The van der Waals surface area contributed by atoms with Crippen LogP contribution >= 0.6 is 11.6 Å². The molecule has 1 aliphatic heterocycles. The van der Waals surface area contributed by atoms with Crippen molar-refractivity contribution in [1.29, 1.82) is 0 Å². The van der Waals surface area contributed by atoms with Crippen molar-refractivity contribution in [3.05, 3.63) is 29.0 Å². The number of hydrogen-bond acceptors (Lipinski definition) is 6. The lowest BCUT2D eigenvalue weighted by Gasteiger charge is -2.27. The van der Waals surface area contributed by atoms with Crippen LogP contribution in [0.3, 0.4) is 0 Å². The molecular weight excluding hydrogens is 435 g/mol. The van der Waals surface area contributed by atoms with Crippen molar-refractivity contribution in [3.8, 4) is 5.75 Å². The molecule has 1 heterocycles. The van der Waals surface area contributed by atoms with E-state index < -0.39 is 44.4 Å². The third-order valence-electron chi connectivity index (χ3n) is 3.94. The molecule has 0 aliphatic carbocycles. The summed E-state index contributed by atoms with van der Waals surface area (Å²) in [5.74, 6) is -1.46. The number of halogens is 2. The summed E-state index contributed by atoms with van der Waals surface area (Å²) >= 11 is 5.61. The Bertz CT molecular complexity index is 804. The standard InChI is InChI=1S/C19H25ClFN2O6Si/c1-5-27-17(25)15-10-30(11-23(15)18(26)29-19(2,3)4)22-16(24)9-28-12-6-7-13(20)14(21)8-12/h6-8,15H,5,9-11H2,1-4H3,(H,22,24)/t15-/m1/s1. The molecule has 0 unspecified atom stereocenters. The lowest BCUT2D eigenvalue weighted by atomic mass is 10.2. The lowest BCUT2D eigenvalue weighted by molar-refractivity contribution is -0.147. The van der Waals surface area contributed by atoms with E-state index in [9.17, 15) is 18.8 Å². The summed E-state index contributed by atoms with van der Waals surface area (Å²) in [6.45, 7) is 6.69. The molecule has 1 fully saturated rings. The maximum atomic E-state index is 13.4. The van der Waals surface area contributed by atoms with Gasteiger partial charge in [0.05, 0.1) is 11.6 Å². The van der Waals surface area contributed by atoms with Crippen molar-refractivity contribution in [3.63, 3.8) is 0 Å². The molecule has 0 saturated carbocycles. The quantitative estimate of drug-likeness (QED) is 0.519. The molecule has 30 heavy (non-hydrogen) atoms. The highest BCUT2D eigenvalue weighted by Crippen LogP contribution is 2.22. The molecule has 0 spiro atoms. The molecule has 0 bridgehead atoms. The first-order valence-corrected chi connectivity index (χ1v) is 11.7. The van der Waals surface area contributed by atoms with Gasteiger partial charge in [-0.05, 0) is 45.9 Å². The smallest absolute Gasteiger partial charge is 0.410 e. The Labute approximate surface area is 181 Å². The second-order valence-electron chi connectivity index (χ2n) is 7.60. The minimum absolute atomic E-state index is 0.0459. The SMILES string of the molecule is CCOC(=O)[C@H]1C[Si](NC(=O)COc2ccc(Cl)c(F)c2)CN1C(=O)OC(C)(C)C. The van der Waals surface area contributed by atoms with Crippen molar-refractivity contribution >= 4 is 38.5 Å². The van der Waals surface area contributed by atoms with Crippen LogP contribution in [0, 0.1) is 5.82 Å². The van der Waals surface area contributed by atoms with Crippen LogP contribution in [0.15, 0.2) is 18.2 Å². The van der Waals surface area contributed by atoms with Crippen LogP contribution in [-0.4, -0.2) is 62.9 Å². The zero-order chi connectivity index (χ0) is 22.5. The van der Waals surface area contributed by atoms with Crippen LogP contribution < -0.4 is 9.72 Å². The monoisotopic (exact) mass is 459 g/mol. The molecule has 165 valence electrons. The topological polar surface area (TPSA) is 94.2 Å². The molecular formula is C19H25ClFN2O6Si. The normalized spacial score (nSPS) is 16.9. The average molecular weight is 460 g/mol. The summed E-state index contributed by atoms with van der Waals surface area (Å²) in [5, 5.41) is -0.0459. The largest absolute Gasteiger partial charge is 0.484 e. The number of hydrogen-bond donors (Lipinski definition) is 1. The zero-order valence-electron chi connectivity index (χ0n) is 17.3. The van der Waals surface area contributed by atoms with E-state index in [0.29, 0.717) is 0 Å². The van der Waals surface area contributed by atoms with E-state index in [2.05, 4.69) is 4.98 Å². The van der Waals surface area contributed by atoms with E-state index in [-0.39, 0.29) is 36.2 Å². The van der Waals surface area contributed by atoms with Crippen molar-refractivity contribution in [2.24, 2.45) is 0 Å². The number of nitrogens with one attached hydrogen (secondary N) is 1. The number of esters is 1. The molecule has 11 heteroatoms. The van der Waals surface area contributed by atoms with Gasteiger partial charge in [0.2, 0.25) is 5.91 Å². The van der Waals surface area contributed by atoms with Gasteiger partial charge in [0.25, 0.3) is 0 Å². The fourth-order valence-electron chi connectivity index (χ4n) is 2.72. The Morgan fingerprint density at radius 3 is 2.63 bits per heavy atom. The van der Waals surface area contributed by atoms with Crippen molar-refractivity contribution in [2.45, 2.75) is 45.4 Å².